The van der Waals surface area contributed by atoms with E-state index in [1.54, 1.807) is 13.2 Å². The maximum absolute atomic E-state index is 12.4. The molecule has 1 heterocycles. The molecule has 6 nitrogen and oxygen atoms in total. The fourth-order valence-electron chi connectivity index (χ4n) is 2.63. The molecule has 1 aromatic carbocycles. The van der Waals surface area contributed by atoms with Gasteiger partial charge < -0.3 is 25.8 Å². The van der Waals surface area contributed by atoms with Gasteiger partial charge >= 0.3 is 0 Å². The van der Waals surface area contributed by atoms with Gasteiger partial charge in [0.05, 0.1) is 29.5 Å². The maximum Gasteiger partial charge on any atom is 0.255 e. The monoisotopic (exact) mass is 399 g/mol. The molecule has 0 radical (unpaired) electrons. The molecule has 138 valence electrons. The number of hydrogen-bond acceptors (Lipinski definition) is 5. The van der Waals surface area contributed by atoms with E-state index in [2.05, 4.69) is 10.6 Å². The summed E-state index contributed by atoms with van der Waals surface area (Å²) in [5.41, 5.74) is 6.49. The van der Waals surface area contributed by atoms with Crippen molar-refractivity contribution >= 4 is 48.0 Å². The number of benzene rings is 1. The highest BCUT2D eigenvalue weighted by Gasteiger charge is 2.25. The van der Waals surface area contributed by atoms with Crippen LogP contribution in [0.2, 0.25) is 5.02 Å². The van der Waals surface area contributed by atoms with Crippen molar-refractivity contribution in [3.05, 3.63) is 22.7 Å². The van der Waals surface area contributed by atoms with Crippen molar-refractivity contribution in [2.75, 3.05) is 39.6 Å². The largest absolute Gasteiger partial charge is 0.496 e. The highest BCUT2D eigenvalue weighted by atomic mass is 35.5. The number of piperidine rings is 1. The zero-order valence-electron chi connectivity index (χ0n) is 13.6. The number of ether oxygens (including phenoxy) is 2. The van der Waals surface area contributed by atoms with Gasteiger partial charge in [-0.25, -0.2) is 0 Å². The van der Waals surface area contributed by atoms with E-state index in [1.807, 2.05) is 0 Å². The Kier molecular flexibility index (Phi) is 10.4. The standard InChI is InChI=1S/C15H22ClN3O3.2ClH/c1-21-13-6-12(17)11(16)5-10(13)15(20)19-7-9-3-4-18-8-14(9)22-2;;/h5-6,9,14,18H,3-4,7-8,17H2,1-2H3,(H,19,20);2*1H. The predicted octanol–water partition coefficient (Wildman–Crippen LogP) is 2.13. The number of carbonyl (C=O) groups excluding carboxylic acids is 1. The van der Waals surface area contributed by atoms with Crippen LogP contribution in [0.3, 0.4) is 0 Å². The van der Waals surface area contributed by atoms with Gasteiger partial charge in [-0.15, -0.1) is 24.8 Å². The lowest BCUT2D eigenvalue weighted by atomic mass is 9.95. The molecule has 4 N–H and O–H groups in total. The molecular formula is C15H24Cl3N3O3. The topological polar surface area (TPSA) is 85.6 Å². The predicted molar refractivity (Wildman–Crippen MR) is 101 cm³/mol. The molecule has 1 aliphatic heterocycles. The second-order valence-corrected chi connectivity index (χ2v) is 5.72. The Morgan fingerprint density at radius 3 is 2.75 bits per heavy atom. The van der Waals surface area contributed by atoms with Crippen LogP contribution in [0.25, 0.3) is 0 Å². The van der Waals surface area contributed by atoms with Gasteiger partial charge in [0.1, 0.15) is 5.75 Å². The average molecular weight is 401 g/mol. The first-order valence-corrected chi connectivity index (χ1v) is 7.59. The summed E-state index contributed by atoms with van der Waals surface area (Å²) in [7, 11) is 3.18. The lowest BCUT2D eigenvalue weighted by Gasteiger charge is -2.31. The van der Waals surface area contributed by atoms with Crippen molar-refractivity contribution in [2.24, 2.45) is 5.92 Å². The number of nitrogens with two attached hydrogens (primary N) is 1. The number of anilines is 1. The quantitative estimate of drug-likeness (QED) is 0.659. The summed E-state index contributed by atoms with van der Waals surface area (Å²) in [6.45, 7) is 2.27. The molecule has 0 aromatic heterocycles. The van der Waals surface area contributed by atoms with Crippen LogP contribution in [0.4, 0.5) is 5.69 Å². The molecule has 1 aliphatic rings. The van der Waals surface area contributed by atoms with Crippen LogP contribution < -0.4 is 21.1 Å². The van der Waals surface area contributed by atoms with E-state index < -0.39 is 0 Å². The fraction of sp³-hybridized carbons (Fsp3) is 0.533. The van der Waals surface area contributed by atoms with Gasteiger partial charge in [-0.1, -0.05) is 11.6 Å². The third kappa shape index (κ3) is 5.57. The molecule has 1 fully saturated rings. The smallest absolute Gasteiger partial charge is 0.255 e. The molecule has 1 amide bonds. The third-order valence-electron chi connectivity index (χ3n) is 3.95. The minimum atomic E-state index is -0.230. The van der Waals surface area contributed by atoms with Gasteiger partial charge in [0.15, 0.2) is 0 Å². The number of carbonyl (C=O) groups is 1. The average Bonchev–Trinajstić information content (AvgIpc) is 2.54. The SMILES string of the molecule is COc1cc(N)c(Cl)cc1C(=O)NCC1CCNCC1OC.Cl.Cl. The normalized spacial score (nSPS) is 19.6. The van der Waals surface area contributed by atoms with Gasteiger partial charge in [0, 0.05) is 32.2 Å². The Hall–Kier alpha value is -0.920. The van der Waals surface area contributed by atoms with Crippen LogP contribution in [0.5, 0.6) is 5.75 Å². The van der Waals surface area contributed by atoms with Crippen molar-refractivity contribution < 1.29 is 14.3 Å². The Balaban J connectivity index is 0.00000264. The molecule has 0 aliphatic carbocycles. The van der Waals surface area contributed by atoms with Gasteiger partial charge in [-0.05, 0) is 19.0 Å². The van der Waals surface area contributed by atoms with E-state index in [-0.39, 0.29) is 42.7 Å². The van der Waals surface area contributed by atoms with Crippen molar-refractivity contribution in [1.82, 2.24) is 10.6 Å². The lowest BCUT2D eigenvalue weighted by Crippen LogP contribution is -2.46. The maximum atomic E-state index is 12.4. The molecule has 0 bridgehead atoms. The van der Waals surface area contributed by atoms with E-state index in [0.29, 0.717) is 28.6 Å². The van der Waals surface area contributed by atoms with Crippen molar-refractivity contribution in [3.8, 4) is 5.75 Å². The highest BCUT2D eigenvalue weighted by molar-refractivity contribution is 6.33. The fourth-order valence-corrected chi connectivity index (χ4v) is 2.79. The minimum absolute atomic E-state index is 0. The van der Waals surface area contributed by atoms with E-state index in [4.69, 9.17) is 26.8 Å². The molecule has 0 saturated carbocycles. The van der Waals surface area contributed by atoms with E-state index in [9.17, 15) is 4.79 Å². The van der Waals surface area contributed by atoms with Crippen LogP contribution in [0, 0.1) is 5.92 Å². The number of nitrogens with one attached hydrogen (secondary N) is 2. The second kappa shape index (κ2) is 10.8. The summed E-state index contributed by atoms with van der Waals surface area (Å²) < 4.78 is 10.6. The number of rotatable bonds is 5. The first kappa shape index (κ1) is 23.1. The summed E-state index contributed by atoms with van der Waals surface area (Å²) in [5.74, 6) is 0.464. The summed E-state index contributed by atoms with van der Waals surface area (Å²) in [5, 5.41) is 6.54. The molecule has 24 heavy (non-hydrogen) atoms. The summed E-state index contributed by atoms with van der Waals surface area (Å²) in [6, 6.07) is 3.08. The molecular weight excluding hydrogens is 377 g/mol. The third-order valence-corrected chi connectivity index (χ3v) is 4.28. The van der Waals surface area contributed by atoms with Gasteiger partial charge in [0.25, 0.3) is 5.91 Å². The van der Waals surface area contributed by atoms with Gasteiger partial charge in [-0.2, -0.15) is 0 Å². The van der Waals surface area contributed by atoms with Gasteiger partial charge in [-0.3, -0.25) is 4.79 Å². The molecule has 9 heteroatoms. The van der Waals surface area contributed by atoms with Crippen molar-refractivity contribution in [3.63, 3.8) is 0 Å². The van der Waals surface area contributed by atoms with Gasteiger partial charge in [0.2, 0.25) is 0 Å². The molecule has 2 rings (SSSR count). The summed E-state index contributed by atoms with van der Waals surface area (Å²) in [4.78, 5) is 12.4. The van der Waals surface area contributed by atoms with E-state index in [0.717, 1.165) is 19.5 Å². The Labute approximate surface area is 159 Å². The Morgan fingerprint density at radius 2 is 2.12 bits per heavy atom. The van der Waals surface area contributed by atoms with Crippen LogP contribution >= 0.6 is 36.4 Å². The second-order valence-electron chi connectivity index (χ2n) is 5.31. The number of amides is 1. The van der Waals surface area contributed by atoms with Crippen LogP contribution in [-0.4, -0.2) is 45.9 Å². The Bertz CT molecular complexity index is 546. The zero-order chi connectivity index (χ0) is 16.1. The molecule has 1 aromatic rings. The first-order valence-electron chi connectivity index (χ1n) is 7.21. The molecule has 1 saturated heterocycles. The van der Waals surface area contributed by atoms with Crippen molar-refractivity contribution in [1.29, 1.82) is 0 Å². The lowest BCUT2D eigenvalue weighted by molar-refractivity contribution is 0.0338. The number of halogens is 3. The molecule has 0 spiro atoms. The van der Waals surface area contributed by atoms with Crippen LogP contribution in [0.1, 0.15) is 16.8 Å². The van der Waals surface area contributed by atoms with Crippen molar-refractivity contribution in [2.45, 2.75) is 12.5 Å². The van der Waals surface area contributed by atoms with Crippen LogP contribution in [-0.2, 0) is 4.74 Å². The molecule has 2 atom stereocenters. The molecule has 2 unspecified atom stereocenters. The number of methoxy groups -OCH3 is 2. The van der Waals surface area contributed by atoms with E-state index >= 15 is 0 Å². The highest BCUT2D eigenvalue weighted by Crippen LogP contribution is 2.28. The number of nitrogen functional groups attached to an aromatic ring is 1. The Morgan fingerprint density at radius 1 is 1.42 bits per heavy atom. The summed E-state index contributed by atoms with van der Waals surface area (Å²) >= 11 is 5.99. The summed E-state index contributed by atoms with van der Waals surface area (Å²) in [6.07, 6.45) is 1.06. The minimum Gasteiger partial charge on any atom is -0.496 e. The van der Waals surface area contributed by atoms with E-state index in [1.165, 1.54) is 13.2 Å². The first-order chi connectivity index (χ1) is 10.6. The zero-order valence-corrected chi connectivity index (χ0v) is 16.0. The number of hydrogen-bond donors (Lipinski definition) is 3. The van der Waals surface area contributed by atoms with Crippen LogP contribution in [0.15, 0.2) is 12.1 Å².